The minimum atomic E-state index is -1.21. The summed E-state index contributed by atoms with van der Waals surface area (Å²) >= 11 is 1.54. The van der Waals surface area contributed by atoms with Gasteiger partial charge in [-0.25, -0.2) is 15.0 Å². The van der Waals surface area contributed by atoms with E-state index in [1.165, 1.54) is 18.1 Å². The Morgan fingerprint density at radius 3 is 2.65 bits per heavy atom. The summed E-state index contributed by atoms with van der Waals surface area (Å²) in [6, 6.07) is 10.0. The summed E-state index contributed by atoms with van der Waals surface area (Å²) in [5, 5.41) is 34.0. The van der Waals surface area contributed by atoms with Gasteiger partial charge in [0.1, 0.15) is 18.3 Å². The van der Waals surface area contributed by atoms with E-state index in [0.29, 0.717) is 22.1 Å². The maximum Gasteiger partial charge on any atom is 0.191 e. The van der Waals surface area contributed by atoms with Crippen molar-refractivity contribution in [1.82, 2.24) is 19.5 Å². The number of hydrogen-bond acceptors (Lipinski definition) is 9. The molecule has 0 radical (unpaired) electrons. The predicted molar refractivity (Wildman–Crippen MR) is 118 cm³/mol. The van der Waals surface area contributed by atoms with Crippen LogP contribution in [0.15, 0.2) is 41.8 Å². The van der Waals surface area contributed by atoms with Crippen molar-refractivity contribution in [3.63, 3.8) is 0 Å². The Bertz CT molecular complexity index is 1020. The van der Waals surface area contributed by atoms with Crippen LogP contribution in [0.2, 0.25) is 0 Å². The van der Waals surface area contributed by atoms with Crippen molar-refractivity contribution in [2.75, 3.05) is 17.7 Å². The Hall–Kier alpha value is -2.24. The Morgan fingerprint density at radius 1 is 1.19 bits per heavy atom. The first-order valence-electron chi connectivity index (χ1n) is 10.3. The molecule has 0 spiro atoms. The van der Waals surface area contributed by atoms with Crippen LogP contribution in [0.3, 0.4) is 0 Å². The molecule has 0 saturated carbocycles. The van der Waals surface area contributed by atoms with E-state index in [4.69, 9.17) is 4.74 Å². The summed E-state index contributed by atoms with van der Waals surface area (Å²) in [5.41, 5.74) is 2.15. The van der Waals surface area contributed by atoms with E-state index in [-0.39, 0.29) is 6.04 Å². The maximum absolute atomic E-state index is 10.5. The van der Waals surface area contributed by atoms with E-state index in [0.717, 1.165) is 17.7 Å². The SMILES string of the molecule is CCCSc1nc(NC(C)c2ccccc2)c2ncn([C@@H]3O[C@H](CO)[C@@H](O)[C@H]3O)c2n1. The van der Waals surface area contributed by atoms with Gasteiger partial charge in [-0.3, -0.25) is 4.57 Å². The molecule has 31 heavy (non-hydrogen) atoms. The van der Waals surface area contributed by atoms with E-state index in [1.54, 1.807) is 4.57 Å². The van der Waals surface area contributed by atoms with Crippen LogP contribution in [-0.4, -0.2) is 65.5 Å². The first-order valence-corrected chi connectivity index (χ1v) is 11.3. The topological polar surface area (TPSA) is 126 Å². The number of anilines is 1. The molecule has 0 bridgehead atoms. The van der Waals surface area contributed by atoms with Crippen LogP contribution in [0, 0.1) is 0 Å². The number of aromatic nitrogens is 4. The number of imidazole rings is 1. The van der Waals surface area contributed by atoms with Crippen molar-refractivity contribution in [1.29, 1.82) is 0 Å². The molecule has 5 atom stereocenters. The monoisotopic (exact) mass is 445 g/mol. The number of benzene rings is 1. The van der Waals surface area contributed by atoms with E-state index in [2.05, 4.69) is 27.2 Å². The average molecular weight is 446 g/mol. The van der Waals surface area contributed by atoms with Gasteiger partial charge in [-0.15, -0.1) is 0 Å². The van der Waals surface area contributed by atoms with Gasteiger partial charge in [0.05, 0.1) is 19.0 Å². The van der Waals surface area contributed by atoms with Crippen LogP contribution in [-0.2, 0) is 4.74 Å². The molecular formula is C21H27N5O4S. The fourth-order valence-electron chi connectivity index (χ4n) is 3.58. The van der Waals surface area contributed by atoms with Crippen molar-refractivity contribution in [3.05, 3.63) is 42.2 Å². The summed E-state index contributed by atoms with van der Waals surface area (Å²) in [7, 11) is 0. The highest BCUT2D eigenvalue weighted by Gasteiger charge is 2.44. The molecule has 10 heteroatoms. The number of ether oxygens (including phenoxy) is 1. The van der Waals surface area contributed by atoms with Crippen LogP contribution in [0.1, 0.15) is 38.1 Å². The van der Waals surface area contributed by atoms with Crippen LogP contribution >= 0.6 is 11.8 Å². The number of hydrogen-bond donors (Lipinski definition) is 4. The van der Waals surface area contributed by atoms with Gasteiger partial charge in [-0.2, -0.15) is 0 Å². The molecule has 1 saturated heterocycles. The first kappa shape index (κ1) is 22.0. The zero-order valence-corrected chi connectivity index (χ0v) is 18.2. The van der Waals surface area contributed by atoms with Gasteiger partial charge in [-0.05, 0) is 18.9 Å². The van der Waals surface area contributed by atoms with Gasteiger partial charge in [0.2, 0.25) is 0 Å². The van der Waals surface area contributed by atoms with Crippen LogP contribution < -0.4 is 5.32 Å². The normalized spacial score (nSPS) is 24.5. The van der Waals surface area contributed by atoms with Gasteiger partial charge >= 0.3 is 0 Å². The van der Waals surface area contributed by atoms with Gasteiger partial charge in [0.25, 0.3) is 0 Å². The van der Waals surface area contributed by atoms with Crippen molar-refractivity contribution in [3.8, 4) is 0 Å². The van der Waals surface area contributed by atoms with E-state index in [9.17, 15) is 15.3 Å². The second-order valence-electron chi connectivity index (χ2n) is 7.53. The lowest BCUT2D eigenvalue weighted by atomic mass is 10.1. The fraction of sp³-hybridized carbons (Fsp3) is 0.476. The number of rotatable bonds is 8. The second-order valence-corrected chi connectivity index (χ2v) is 8.59. The van der Waals surface area contributed by atoms with Crippen LogP contribution in [0.5, 0.6) is 0 Å². The van der Waals surface area contributed by atoms with E-state index >= 15 is 0 Å². The molecular weight excluding hydrogens is 418 g/mol. The van der Waals surface area contributed by atoms with Gasteiger partial charge < -0.3 is 25.4 Å². The molecule has 3 aromatic rings. The van der Waals surface area contributed by atoms with E-state index in [1.807, 2.05) is 37.3 Å². The molecule has 1 aliphatic rings. The molecule has 2 aromatic heterocycles. The third-order valence-corrected chi connectivity index (χ3v) is 6.33. The molecule has 4 rings (SSSR count). The summed E-state index contributed by atoms with van der Waals surface area (Å²) in [4.78, 5) is 13.8. The van der Waals surface area contributed by atoms with Gasteiger partial charge in [-0.1, -0.05) is 49.0 Å². The van der Waals surface area contributed by atoms with Crippen LogP contribution in [0.4, 0.5) is 5.82 Å². The van der Waals surface area contributed by atoms with E-state index < -0.39 is 31.1 Å². The zero-order valence-electron chi connectivity index (χ0n) is 17.4. The van der Waals surface area contributed by atoms with Crippen molar-refractivity contribution >= 4 is 28.7 Å². The molecule has 1 aromatic carbocycles. The lowest BCUT2D eigenvalue weighted by molar-refractivity contribution is -0.0511. The standard InChI is InChI=1S/C21H27N5O4S/c1-3-9-31-21-24-18(23-12(2)13-7-5-4-6-8-13)15-19(25-21)26(11-22-15)20-17(29)16(28)14(10-27)30-20/h4-8,11-12,14,16-17,20,27-29H,3,9-10H2,1-2H3,(H,23,24,25)/t12?,14-,16-,17-,20-/m1/s1. The lowest BCUT2D eigenvalue weighted by Gasteiger charge is -2.18. The van der Waals surface area contributed by atoms with Crippen molar-refractivity contribution < 1.29 is 20.1 Å². The maximum atomic E-state index is 10.5. The molecule has 166 valence electrons. The molecule has 1 unspecified atom stereocenters. The molecule has 0 aliphatic carbocycles. The first-order chi connectivity index (χ1) is 15.0. The number of aliphatic hydroxyl groups excluding tert-OH is 3. The third-order valence-electron chi connectivity index (χ3n) is 5.28. The summed E-state index contributed by atoms with van der Waals surface area (Å²) in [6.45, 7) is 3.74. The smallest absolute Gasteiger partial charge is 0.191 e. The molecule has 4 N–H and O–H groups in total. The summed E-state index contributed by atoms with van der Waals surface area (Å²) in [5.74, 6) is 1.45. The highest BCUT2D eigenvalue weighted by Crippen LogP contribution is 2.34. The second kappa shape index (κ2) is 9.49. The highest BCUT2D eigenvalue weighted by atomic mass is 32.2. The Balaban J connectivity index is 1.72. The number of nitrogens with one attached hydrogen (secondary N) is 1. The molecule has 9 nitrogen and oxygen atoms in total. The highest BCUT2D eigenvalue weighted by molar-refractivity contribution is 7.99. The quantitative estimate of drug-likeness (QED) is 0.305. The average Bonchev–Trinajstić information content (AvgIpc) is 3.33. The minimum Gasteiger partial charge on any atom is -0.394 e. The van der Waals surface area contributed by atoms with Crippen LogP contribution in [0.25, 0.3) is 11.2 Å². The molecule has 3 heterocycles. The molecule has 0 amide bonds. The number of fused-ring (bicyclic) bond motifs is 1. The summed E-state index contributed by atoms with van der Waals surface area (Å²) < 4.78 is 7.28. The minimum absolute atomic E-state index is 0.0117. The van der Waals surface area contributed by atoms with Gasteiger partial charge in [0, 0.05) is 5.75 Å². The van der Waals surface area contributed by atoms with Crippen molar-refractivity contribution in [2.45, 2.75) is 56.0 Å². The summed E-state index contributed by atoms with van der Waals surface area (Å²) in [6.07, 6.45) is -1.69. The number of aliphatic hydroxyl groups is 3. The largest absolute Gasteiger partial charge is 0.394 e. The molecule has 1 fully saturated rings. The fourth-order valence-corrected chi connectivity index (χ4v) is 4.27. The number of thioether (sulfide) groups is 1. The lowest BCUT2D eigenvalue weighted by Crippen LogP contribution is -2.33. The third kappa shape index (κ3) is 4.39. The van der Waals surface area contributed by atoms with Crippen molar-refractivity contribution in [2.24, 2.45) is 0 Å². The van der Waals surface area contributed by atoms with Gasteiger partial charge in [0.15, 0.2) is 28.4 Å². The Kier molecular flexibility index (Phi) is 6.73. The predicted octanol–water partition coefficient (Wildman–Crippen LogP) is 2.11. The molecule has 1 aliphatic heterocycles. The number of nitrogens with zero attached hydrogens (tertiary/aromatic N) is 4. The zero-order chi connectivity index (χ0) is 22.0. The Labute approximate surface area is 184 Å². The Morgan fingerprint density at radius 2 is 1.97 bits per heavy atom.